The van der Waals surface area contributed by atoms with E-state index in [0.29, 0.717) is 27.8 Å². The van der Waals surface area contributed by atoms with Gasteiger partial charge in [0.2, 0.25) is 8.32 Å². The van der Waals surface area contributed by atoms with Crippen LogP contribution in [0.2, 0.25) is 16.6 Å². The monoisotopic (exact) mass is 413 g/mol. The molecule has 0 saturated heterocycles. The molecule has 0 aliphatic heterocycles. The van der Waals surface area contributed by atoms with Gasteiger partial charge in [-0.2, -0.15) is 4.40 Å². The first kappa shape index (κ1) is 24.2. The summed E-state index contributed by atoms with van der Waals surface area (Å²) in [4.78, 5) is 0. The van der Waals surface area contributed by atoms with Crippen LogP contribution in [-0.4, -0.2) is 23.5 Å². The summed E-state index contributed by atoms with van der Waals surface area (Å²) >= 11 is 0. The first-order chi connectivity index (χ1) is 12.3. The van der Waals surface area contributed by atoms with Crippen LogP contribution in [0.5, 0.6) is 0 Å². The molecule has 0 aromatic heterocycles. The molecule has 0 aliphatic carbocycles. The van der Waals surface area contributed by atoms with E-state index >= 15 is 0 Å². The number of benzene rings is 1. The lowest BCUT2D eigenvalue weighted by molar-refractivity contribution is 0.261. The Morgan fingerprint density at radius 3 is 2.07 bits per heavy atom. The average molecular weight is 414 g/mol. The van der Waals surface area contributed by atoms with Gasteiger partial charge in [0.15, 0.2) is 0 Å². The minimum atomic E-state index is -2.10. The second kappa shape index (κ2) is 9.57. The molecular weight excluding hydrogens is 377 g/mol. The predicted octanol–water partition coefficient (Wildman–Crippen LogP) is 6.40. The van der Waals surface area contributed by atoms with Crippen molar-refractivity contribution >= 4 is 25.5 Å². The Labute approximate surface area is 168 Å². The SMILES string of the molecule is CC(C)[Si](OCc1c(F)cccc1C=N[S@@](=O)C(C)(C)C)(C(C)C)C(C)C. The average Bonchev–Trinajstić information content (AvgIpc) is 2.52. The van der Waals surface area contributed by atoms with Crippen LogP contribution in [0.4, 0.5) is 4.39 Å². The summed E-state index contributed by atoms with van der Waals surface area (Å²) in [5.41, 5.74) is 2.40. The molecule has 154 valence electrons. The molecule has 6 heteroatoms. The lowest BCUT2D eigenvalue weighted by atomic mass is 10.1. The molecule has 1 aromatic rings. The van der Waals surface area contributed by atoms with Gasteiger partial charge in [-0.3, -0.25) is 0 Å². The van der Waals surface area contributed by atoms with Crippen molar-refractivity contribution in [3.05, 3.63) is 35.1 Å². The van der Waals surface area contributed by atoms with Crippen LogP contribution >= 0.6 is 0 Å². The summed E-state index contributed by atoms with van der Waals surface area (Å²) in [7, 11) is -3.48. The van der Waals surface area contributed by atoms with Crippen LogP contribution in [0.25, 0.3) is 0 Å². The third kappa shape index (κ3) is 5.81. The van der Waals surface area contributed by atoms with Crippen LogP contribution in [-0.2, 0) is 22.0 Å². The normalized spacial score (nSPS) is 14.7. The molecule has 0 heterocycles. The largest absolute Gasteiger partial charge is 0.412 e. The van der Waals surface area contributed by atoms with Crippen molar-refractivity contribution in [3.63, 3.8) is 0 Å². The van der Waals surface area contributed by atoms with E-state index in [0.717, 1.165) is 0 Å². The summed E-state index contributed by atoms with van der Waals surface area (Å²) in [5, 5.41) is 0. The van der Waals surface area contributed by atoms with E-state index in [1.54, 1.807) is 12.1 Å². The maximum absolute atomic E-state index is 14.6. The van der Waals surface area contributed by atoms with E-state index in [9.17, 15) is 8.60 Å². The molecule has 0 radical (unpaired) electrons. The summed E-state index contributed by atoms with van der Waals surface area (Å²) in [6.07, 6.45) is 1.52. The molecule has 0 N–H and O–H groups in total. The van der Waals surface area contributed by atoms with Crippen LogP contribution in [0, 0.1) is 5.82 Å². The fourth-order valence-corrected chi connectivity index (χ4v) is 9.73. The van der Waals surface area contributed by atoms with Gasteiger partial charge in [-0.05, 0) is 43.5 Å². The quantitative estimate of drug-likeness (QED) is 0.365. The third-order valence-corrected chi connectivity index (χ3v) is 12.5. The molecule has 0 unspecified atom stereocenters. The summed E-state index contributed by atoms with van der Waals surface area (Å²) < 4.78 is 37.1. The van der Waals surface area contributed by atoms with Gasteiger partial charge < -0.3 is 4.43 Å². The molecule has 0 amide bonds. The second-order valence-electron chi connectivity index (χ2n) is 9.01. The highest BCUT2D eigenvalue weighted by molar-refractivity contribution is 7.85. The summed E-state index contributed by atoms with van der Waals surface area (Å²) in [6.45, 7) is 19.1. The molecule has 0 bridgehead atoms. The van der Waals surface area contributed by atoms with E-state index in [1.807, 2.05) is 20.8 Å². The Kier molecular flexibility index (Phi) is 8.57. The third-order valence-electron chi connectivity index (χ3n) is 5.14. The highest BCUT2D eigenvalue weighted by Crippen LogP contribution is 2.42. The molecular formula is C21H36FNO2SSi. The highest BCUT2D eigenvalue weighted by Gasteiger charge is 2.45. The maximum Gasteiger partial charge on any atom is 0.200 e. The number of nitrogens with zero attached hydrogens (tertiary/aromatic N) is 1. The van der Waals surface area contributed by atoms with Crippen LogP contribution < -0.4 is 0 Å². The molecule has 1 rings (SSSR count). The fourth-order valence-electron chi connectivity index (χ4n) is 3.81. The first-order valence-corrected chi connectivity index (χ1v) is 13.0. The van der Waals surface area contributed by atoms with Crippen molar-refractivity contribution in [1.29, 1.82) is 0 Å². The van der Waals surface area contributed by atoms with Crippen molar-refractivity contribution in [1.82, 2.24) is 0 Å². The van der Waals surface area contributed by atoms with Crippen LogP contribution in [0.3, 0.4) is 0 Å². The number of halogens is 1. The minimum Gasteiger partial charge on any atom is -0.412 e. The Hall–Kier alpha value is -0.853. The van der Waals surface area contributed by atoms with Crippen molar-refractivity contribution in [3.8, 4) is 0 Å². The zero-order chi connectivity index (χ0) is 21.0. The Morgan fingerprint density at radius 1 is 1.11 bits per heavy atom. The molecule has 0 saturated carbocycles. The summed E-state index contributed by atoms with van der Waals surface area (Å²) in [5.74, 6) is -0.306. The molecule has 0 spiro atoms. The van der Waals surface area contributed by atoms with Crippen molar-refractivity contribution in [2.45, 2.75) is 90.3 Å². The molecule has 3 nitrogen and oxygen atoms in total. The van der Waals surface area contributed by atoms with Crippen molar-refractivity contribution in [2.24, 2.45) is 4.40 Å². The van der Waals surface area contributed by atoms with Gasteiger partial charge in [0.25, 0.3) is 0 Å². The molecule has 0 fully saturated rings. The fraction of sp³-hybridized carbons (Fsp3) is 0.667. The van der Waals surface area contributed by atoms with Gasteiger partial charge in [0.05, 0.1) is 11.4 Å². The van der Waals surface area contributed by atoms with Crippen LogP contribution in [0.15, 0.2) is 22.6 Å². The molecule has 1 atom stereocenters. The predicted molar refractivity (Wildman–Crippen MR) is 118 cm³/mol. The molecule has 1 aromatic carbocycles. The lowest BCUT2D eigenvalue weighted by Crippen LogP contribution is -2.47. The number of hydrogen-bond donors (Lipinski definition) is 0. The Balaban J connectivity index is 3.21. The highest BCUT2D eigenvalue weighted by atomic mass is 32.2. The van der Waals surface area contributed by atoms with Gasteiger partial charge in [-0.1, -0.05) is 53.7 Å². The van der Waals surface area contributed by atoms with Gasteiger partial charge in [-0.25, -0.2) is 8.60 Å². The van der Waals surface area contributed by atoms with Crippen molar-refractivity contribution < 1.29 is 13.0 Å². The zero-order valence-electron chi connectivity index (χ0n) is 18.3. The first-order valence-electron chi connectivity index (χ1n) is 9.71. The minimum absolute atomic E-state index is 0.219. The molecule has 27 heavy (non-hydrogen) atoms. The maximum atomic E-state index is 14.6. The second-order valence-corrected chi connectivity index (χ2v) is 16.4. The van der Waals surface area contributed by atoms with Crippen LogP contribution in [0.1, 0.15) is 73.4 Å². The Bertz CT molecular complexity index is 659. The summed E-state index contributed by atoms with van der Waals surface area (Å²) in [6, 6.07) is 4.90. The number of hydrogen-bond acceptors (Lipinski definition) is 2. The molecule has 0 aliphatic rings. The number of rotatable bonds is 8. The van der Waals surface area contributed by atoms with Gasteiger partial charge in [0.1, 0.15) is 16.8 Å². The van der Waals surface area contributed by atoms with Gasteiger partial charge in [0, 0.05) is 17.3 Å². The van der Waals surface area contributed by atoms with Gasteiger partial charge in [-0.15, -0.1) is 0 Å². The lowest BCUT2D eigenvalue weighted by Gasteiger charge is -2.42. The topological polar surface area (TPSA) is 38.7 Å². The van der Waals surface area contributed by atoms with Gasteiger partial charge >= 0.3 is 0 Å². The van der Waals surface area contributed by atoms with E-state index in [-0.39, 0.29) is 12.4 Å². The van der Waals surface area contributed by atoms with E-state index in [1.165, 1.54) is 12.3 Å². The van der Waals surface area contributed by atoms with E-state index < -0.39 is 24.1 Å². The zero-order valence-corrected chi connectivity index (χ0v) is 20.1. The van der Waals surface area contributed by atoms with E-state index in [2.05, 4.69) is 45.9 Å². The van der Waals surface area contributed by atoms with E-state index in [4.69, 9.17) is 4.43 Å². The smallest absolute Gasteiger partial charge is 0.200 e. The van der Waals surface area contributed by atoms with Crippen molar-refractivity contribution in [2.75, 3.05) is 0 Å². The Morgan fingerprint density at radius 2 is 1.63 bits per heavy atom. The standard InChI is InChI=1S/C21H36FNO2SSi/c1-15(2)27(16(3)4,17(5)6)25-14-19-18(11-10-12-20(19)22)13-23-26(24)21(7,8)9/h10-13,15-17H,14H2,1-9H3/t26-/m0/s1.